The van der Waals surface area contributed by atoms with Crippen molar-refractivity contribution in [1.29, 1.82) is 0 Å². The van der Waals surface area contributed by atoms with Crippen LogP contribution in [0.25, 0.3) is 22.2 Å². The number of rotatable bonds is 2. The van der Waals surface area contributed by atoms with Crippen molar-refractivity contribution in [3.8, 4) is 17.2 Å². The van der Waals surface area contributed by atoms with E-state index in [-0.39, 0.29) is 5.75 Å². The number of phenols is 1. The second-order valence-corrected chi connectivity index (χ2v) is 5.27. The molecule has 100 valence electrons. The van der Waals surface area contributed by atoms with Gasteiger partial charge >= 0.3 is 0 Å². The highest BCUT2D eigenvalue weighted by atomic mass is 16.5. The predicted octanol–water partition coefficient (Wildman–Crippen LogP) is 3.86. The van der Waals surface area contributed by atoms with Crippen LogP contribution in [-0.2, 0) is 0 Å². The first-order chi connectivity index (χ1) is 9.83. The molecule has 0 radical (unpaired) electrons. The van der Waals surface area contributed by atoms with E-state index in [2.05, 4.69) is 10.1 Å². The molecule has 1 saturated carbocycles. The molecule has 0 saturated heterocycles. The van der Waals surface area contributed by atoms with Gasteiger partial charge in [0.25, 0.3) is 5.89 Å². The third kappa shape index (κ3) is 1.68. The highest BCUT2D eigenvalue weighted by molar-refractivity contribution is 5.93. The molecular weight excluding hydrogens is 252 g/mol. The van der Waals surface area contributed by atoms with Gasteiger partial charge in [0.1, 0.15) is 5.75 Å². The number of fused-ring (bicyclic) bond motifs is 1. The molecule has 0 aliphatic heterocycles. The Kier molecular flexibility index (Phi) is 2.49. The maximum atomic E-state index is 10.4. The van der Waals surface area contributed by atoms with Crippen molar-refractivity contribution in [3.05, 3.63) is 42.2 Å². The second kappa shape index (κ2) is 4.34. The Hall–Kier alpha value is -2.36. The van der Waals surface area contributed by atoms with Crippen LogP contribution in [0.4, 0.5) is 0 Å². The quantitative estimate of drug-likeness (QED) is 0.765. The number of benzene rings is 2. The van der Waals surface area contributed by atoms with Gasteiger partial charge in [-0.15, -0.1) is 0 Å². The minimum atomic E-state index is 0.201. The topological polar surface area (TPSA) is 59.2 Å². The molecule has 4 rings (SSSR count). The molecule has 4 nitrogen and oxygen atoms in total. The lowest BCUT2D eigenvalue weighted by Crippen LogP contribution is -2.10. The van der Waals surface area contributed by atoms with Gasteiger partial charge in [-0.25, -0.2) is 0 Å². The minimum absolute atomic E-state index is 0.201. The van der Waals surface area contributed by atoms with Crippen LogP contribution in [0.2, 0.25) is 0 Å². The van der Waals surface area contributed by atoms with Gasteiger partial charge in [0, 0.05) is 11.3 Å². The smallest absolute Gasteiger partial charge is 0.261 e. The maximum absolute atomic E-state index is 10.4. The molecule has 0 amide bonds. The average Bonchev–Trinajstić information content (AvgIpc) is 2.86. The van der Waals surface area contributed by atoms with Gasteiger partial charge in [-0.1, -0.05) is 41.9 Å². The van der Waals surface area contributed by atoms with Gasteiger partial charge in [0.15, 0.2) is 5.82 Å². The summed E-state index contributed by atoms with van der Waals surface area (Å²) in [5, 5.41) is 16.2. The summed E-state index contributed by atoms with van der Waals surface area (Å²) in [5.41, 5.74) is 0.599. The molecule has 1 heterocycles. The average molecular weight is 266 g/mol. The summed E-state index contributed by atoms with van der Waals surface area (Å²) in [6.45, 7) is 0. The number of phenolic OH excluding ortho intramolecular Hbond substituents is 1. The summed E-state index contributed by atoms with van der Waals surface area (Å²) >= 11 is 0. The van der Waals surface area contributed by atoms with Crippen molar-refractivity contribution < 1.29 is 9.63 Å². The van der Waals surface area contributed by atoms with Crippen molar-refractivity contribution in [2.24, 2.45) is 0 Å². The zero-order valence-corrected chi connectivity index (χ0v) is 10.9. The SMILES string of the molecule is Oc1c(-c2nc(C3CCC3)no2)ccc2ccccc12. The normalized spacial score (nSPS) is 15.4. The van der Waals surface area contributed by atoms with Crippen molar-refractivity contribution >= 4 is 10.8 Å². The van der Waals surface area contributed by atoms with E-state index in [0.717, 1.165) is 29.4 Å². The van der Waals surface area contributed by atoms with E-state index >= 15 is 0 Å². The molecule has 0 unspecified atom stereocenters. The minimum Gasteiger partial charge on any atom is -0.506 e. The molecule has 1 aromatic heterocycles. The lowest BCUT2D eigenvalue weighted by Gasteiger charge is -2.20. The molecule has 0 atom stereocenters. The Bertz CT molecular complexity index is 775. The van der Waals surface area contributed by atoms with E-state index < -0.39 is 0 Å². The first-order valence-electron chi connectivity index (χ1n) is 6.87. The Morgan fingerprint density at radius 2 is 1.95 bits per heavy atom. The third-order valence-electron chi connectivity index (χ3n) is 4.04. The molecule has 0 spiro atoms. The Balaban J connectivity index is 1.81. The molecule has 2 aromatic carbocycles. The highest BCUT2D eigenvalue weighted by Gasteiger charge is 2.25. The van der Waals surface area contributed by atoms with Gasteiger partial charge in [-0.05, 0) is 24.3 Å². The number of hydrogen-bond donors (Lipinski definition) is 1. The molecule has 1 aliphatic carbocycles. The fourth-order valence-corrected chi connectivity index (χ4v) is 2.60. The number of nitrogens with zero attached hydrogens (tertiary/aromatic N) is 2. The molecule has 3 aromatic rings. The van der Waals surface area contributed by atoms with Gasteiger partial charge in [0.05, 0.1) is 5.56 Å². The molecule has 1 N–H and O–H groups in total. The van der Waals surface area contributed by atoms with Crippen LogP contribution in [0.5, 0.6) is 5.75 Å². The maximum Gasteiger partial charge on any atom is 0.261 e. The molecule has 0 bridgehead atoms. The van der Waals surface area contributed by atoms with Crippen LogP contribution >= 0.6 is 0 Å². The van der Waals surface area contributed by atoms with Crippen LogP contribution in [0, 0.1) is 0 Å². The van der Waals surface area contributed by atoms with Gasteiger partial charge in [-0.3, -0.25) is 0 Å². The summed E-state index contributed by atoms with van der Waals surface area (Å²) in [5.74, 6) is 1.79. The Morgan fingerprint density at radius 3 is 2.75 bits per heavy atom. The zero-order chi connectivity index (χ0) is 13.5. The van der Waals surface area contributed by atoms with E-state index in [4.69, 9.17) is 4.52 Å². The summed E-state index contributed by atoms with van der Waals surface area (Å²) in [7, 11) is 0. The van der Waals surface area contributed by atoms with E-state index in [0.29, 0.717) is 17.4 Å². The molecule has 1 aliphatic rings. The summed E-state index contributed by atoms with van der Waals surface area (Å²) in [6, 6.07) is 11.5. The molecular formula is C16H14N2O2. The van der Waals surface area contributed by atoms with E-state index in [9.17, 15) is 5.11 Å². The van der Waals surface area contributed by atoms with Crippen molar-refractivity contribution in [2.45, 2.75) is 25.2 Å². The monoisotopic (exact) mass is 266 g/mol. The molecule has 4 heteroatoms. The first kappa shape index (κ1) is 11.5. The molecule has 20 heavy (non-hydrogen) atoms. The van der Waals surface area contributed by atoms with Crippen LogP contribution in [0.15, 0.2) is 40.9 Å². The highest BCUT2D eigenvalue weighted by Crippen LogP contribution is 2.38. The lowest BCUT2D eigenvalue weighted by molar-refractivity contribution is 0.365. The largest absolute Gasteiger partial charge is 0.506 e. The van der Waals surface area contributed by atoms with Crippen LogP contribution in [0.3, 0.4) is 0 Å². The van der Waals surface area contributed by atoms with Crippen molar-refractivity contribution in [2.75, 3.05) is 0 Å². The summed E-state index contributed by atoms with van der Waals surface area (Å²) < 4.78 is 5.32. The Labute approximate surface area is 116 Å². The van der Waals surface area contributed by atoms with Crippen LogP contribution in [0.1, 0.15) is 31.0 Å². The third-order valence-corrected chi connectivity index (χ3v) is 4.04. The standard InChI is InChI=1S/C16H14N2O2/c19-14-12-7-2-1-4-10(12)8-9-13(14)16-17-15(18-20-16)11-5-3-6-11/h1-2,4,7-9,11,19H,3,5-6H2. The zero-order valence-electron chi connectivity index (χ0n) is 10.9. The predicted molar refractivity (Wildman–Crippen MR) is 75.5 cm³/mol. The first-order valence-corrected chi connectivity index (χ1v) is 6.87. The van der Waals surface area contributed by atoms with Crippen LogP contribution < -0.4 is 0 Å². The van der Waals surface area contributed by atoms with Crippen molar-refractivity contribution in [3.63, 3.8) is 0 Å². The van der Waals surface area contributed by atoms with E-state index in [1.54, 1.807) is 0 Å². The number of aromatic nitrogens is 2. The summed E-state index contributed by atoms with van der Waals surface area (Å²) in [4.78, 5) is 4.43. The van der Waals surface area contributed by atoms with E-state index in [1.807, 2.05) is 36.4 Å². The van der Waals surface area contributed by atoms with Gasteiger partial charge in [-0.2, -0.15) is 4.98 Å². The van der Waals surface area contributed by atoms with Crippen LogP contribution in [-0.4, -0.2) is 15.2 Å². The second-order valence-electron chi connectivity index (χ2n) is 5.27. The van der Waals surface area contributed by atoms with Gasteiger partial charge < -0.3 is 9.63 Å². The van der Waals surface area contributed by atoms with E-state index in [1.165, 1.54) is 6.42 Å². The molecule has 1 fully saturated rings. The fraction of sp³-hybridized carbons (Fsp3) is 0.250. The number of hydrogen-bond acceptors (Lipinski definition) is 4. The van der Waals surface area contributed by atoms with Gasteiger partial charge in [0.2, 0.25) is 0 Å². The number of aromatic hydroxyl groups is 1. The fourth-order valence-electron chi connectivity index (χ4n) is 2.60. The summed E-state index contributed by atoms with van der Waals surface area (Å²) in [6.07, 6.45) is 3.49. The lowest BCUT2D eigenvalue weighted by atomic mass is 9.85. The van der Waals surface area contributed by atoms with Crippen molar-refractivity contribution in [1.82, 2.24) is 10.1 Å². The Morgan fingerprint density at radius 1 is 1.10 bits per heavy atom.